The average Bonchev–Trinajstić information content (AvgIpc) is 2.60. The summed E-state index contributed by atoms with van der Waals surface area (Å²) in [6.07, 6.45) is 2.33. The molecule has 144 valence electrons. The predicted octanol–water partition coefficient (Wildman–Crippen LogP) is 3.14. The second kappa shape index (κ2) is 9.28. The molecule has 3 N–H and O–H groups in total. The number of carbonyl (C=O) groups is 2. The molecule has 2 rings (SSSR count). The molecule has 1 aromatic heterocycles. The third-order valence-corrected chi connectivity index (χ3v) is 4.31. The largest absolute Gasteiger partial charge is 0.480 e. The highest BCUT2D eigenvalue weighted by atomic mass is 16.4. The first-order valence-electron chi connectivity index (χ1n) is 9.00. The number of rotatable bonds is 9. The van der Waals surface area contributed by atoms with Crippen LogP contribution in [0.2, 0.25) is 0 Å². The summed E-state index contributed by atoms with van der Waals surface area (Å²) in [4.78, 5) is 27.4. The summed E-state index contributed by atoms with van der Waals surface area (Å²) in [5.41, 5.74) is 3.74. The van der Waals surface area contributed by atoms with Gasteiger partial charge in [0.15, 0.2) is 0 Å². The first kappa shape index (κ1) is 20.6. The molecule has 0 aliphatic carbocycles. The standard InChI is InChI=1S/C21H26N2O4/c1-13(2)10-18(20(24)25)23-19(21(26)27)12-15-4-6-16(7-5-15)17-11-14(3)8-9-22-17/h4-9,11,13,18-19,23H,10,12H2,1-3H3,(H,24,25)(H,26,27)/t18-,19-/m0/s1. The molecular weight excluding hydrogens is 344 g/mol. The molecule has 6 heteroatoms. The Balaban J connectivity index is 2.12. The van der Waals surface area contributed by atoms with Gasteiger partial charge in [0.05, 0.1) is 5.69 Å². The van der Waals surface area contributed by atoms with E-state index < -0.39 is 24.0 Å². The van der Waals surface area contributed by atoms with E-state index in [1.165, 1.54) is 0 Å². The van der Waals surface area contributed by atoms with Crippen molar-refractivity contribution in [2.75, 3.05) is 0 Å². The molecule has 2 atom stereocenters. The SMILES string of the molecule is Cc1ccnc(-c2ccc(C[C@H](N[C@@H](CC(C)C)C(=O)O)C(=O)O)cc2)c1. The molecule has 6 nitrogen and oxygen atoms in total. The van der Waals surface area contributed by atoms with Gasteiger partial charge in [-0.05, 0) is 48.9 Å². The van der Waals surface area contributed by atoms with E-state index in [-0.39, 0.29) is 12.3 Å². The fourth-order valence-corrected chi connectivity index (χ4v) is 2.91. The molecule has 1 heterocycles. The summed E-state index contributed by atoms with van der Waals surface area (Å²) < 4.78 is 0. The first-order valence-corrected chi connectivity index (χ1v) is 9.00. The second-order valence-electron chi connectivity index (χ2n) is 7.20. The number of carboxylic acid groups (broad SMARTS) is 2. The number of hydrogen-bond acceptors (Lipinski definition) is 4. The summed E-state index contributed by atoms with van der Waals surface area (Å²) in [5, 5.41) is 21.6. The molecule has 1 aromatic carbocycles. The lowest BCUT2D eigenvalue weighted by Crippen LogP contribution is -2.48. The van der Waals surface area contributed by atoms with Crippen LogP contribution in [0.3, 0.4) is 0 Å². The van der Waals surface area contributed by atoms with Crippen molar-refractivity contribution in [3.63, 3.8) is 0 Å². The van der Waals surface area contributed by atoms with Gasteiger partial charge in [0.25, 0.3) is 0 Å². The highest BCUT2D eigenvalue weighted by molar-refractivity contribution is 5.77. The summed E-state index contributed by atoms with van der Waals surface area (Å²) in [7, 11) is 0. The molecule has 0 bridgehead atoms. The van der Waals surface area contributed by atoms with Crippen molar-refractivity contribution in [3.8, 4) is 11.3 Å². The fourth-order valence-electron chi connectivity index (χ4n) is 2.91. The van der Waals surface area contributed by atoms with Crippen LogP contribution in [0.15, 0.2) is 42.6 Å². The zero-order valence-electron chi connectivity index (χ0n) is 15.8. The van der Waals surface area contributed by atoms with Gasteiger partial charge in [0.1, 0.15) is 12.1 Å². The Morgan fingerprint density at radius 2 is 1.67 bits per heavy atom. The molecule has 0 spiro atoms. The van der Waals surface area contributed by atoms with Crippen LogP contribution < -0.4 is 5.32 Å². The third-order valence-electron chi connectivity index (χ3n) is 4.31. The van der Waals surface area contributed by atoms with Crippen molar-refractivity contribution in [1.82, 2.24) is 10.3 Å². The number of aliphatic carboxylic acids is 2. The number of nitrogens with one attached hydrogen (secondary N) is 1. The molecule has 0 amide bonds. The highest BCUT2D eigenvalue weighted by Crippen LogP contribution is 2.19. The maximum absolute atomic E-state index is 11.6. The van der Waals surface area contributed by atoms with Gasteiger partial charge in [-0.25, -0.2) is 0 Å². The Kier molecular flexibility index (Phi) is 7.07. The number of aromatic nitrogens is 1. The van der Waals surface area contributed by atoms with Crippen LogP contribution in [0.4, 0.5) is 0 Å². The predicted molar refractivity (Wildman–Crippen MR) is 104 cm³/mol. The second-order valence-corrected chi connectivity index (χ2v) is 7.20. The molecule has 0 unspecified atom stereocenters. The fraction of sp³-hybridized carbons (Fsp3) is 0.381. The first-order chi connectivity index (χ1) is 12.8. The van der Waals surface area contributed by atoms with Crippen molar-refractivity contribution in [3.05, 3.63) is 53.7 Å². The van der Waals surface area contributed by atoms with E-state index in [0.717, 1.165) is 22.4 Å². The zero-order valence-corrected chi connectivity index (χ0v) is 15.8. The van der Waals surface area contributed by atoms with E-state index in [1.807, 2.05) is 57.2 Å². The van der Waals surface area contributed by atoms with Crippen molar-refractivity contribution < 1.29 is 19.8 Å². The summed E-state index contributed by atoms with van der Waals surface area (Å²) in [5.74, 6) is -1.94. The lowest BCUT2D eigenvalue weighted by atomic mass is 9.99. The zero-order chi connectivity index (χ0) is 20.0. The van der Waals surface area contributed by atoms with Crippen LogP contribution in [0.25, 0.3) is 11.3 Å². The molecule has 0 saturated heterocycles. The van der Waals surface area contributed by atoms with Crippen LogP contribution in [0.5, 0.6) is 0 Å². The van der Waals surface area contributed by atoms with Gasteiger partial charge < -0.3 is 10.2 Å². The average molecular weight is 370 g/mol. The van der Waals surface area contributed by atoms with E-state index in [9.17, 15) is 19.8 Å². The number of pyridine rings is 1. The molecule has 0 aliphatic heterocycles. The Morgan fingerprint density at radius 1 is 1.04 bits per heavy atom. The minimum atomic E-state index is -1.06. The van der Waals surface area contributed by atoms with E-state index >= 15 is 0 Å². The van der Waals surface area contributed by atoms with Crippen molar-refractivity contribution >= 4 is 11.9 Å². The van der Waals surface area contributed by atoms with Gasteiger partial charge in [-0.15, -0.1) is 0 Å². The van der Waals surface area contributed by atoms with Gasteiger partial charge in [0, 0.05) is 11.8 Å². The minimum absolute atomic E-state index is 0.147. The molecule has 0 radical (unpaired) electrons. The molecular formula is C21H26N2O4. The number of carboxylic acids is 2. The summed E-state index contributed by atoms with van der Waals surface area (Å²) in [6.45, 7) is 5.82. The molecule has 27 heavy (non-hydrogen) atoms. The van der Waals surface area contributed by atoms with Crippen LogP contribution in [-0.2, 0) is 16.0 Å². The third kappa shape index (κ3) is 6.18. The summed E-state index contributed by atoms with van der Waals surface area (Å²) in [6, 6.07) is 9.58. The highest BCUT2D eigenvalue weighted by Gasteiger charge is 2.26. The quantitative estimate of drug-likeness (QED) is 0.627. The van der Waals surface area contributed by atoms with Gasteiger partial charge in [-0.2, -0.15) is 0 Å². The smallest absolute Gasteiger partial charge is 0.321 e. The molecule has 2 aromatic rings. The lowest BCUT2D eigenvalue weighted by molar-refractivity contribution is -0.142. The Morgan fingerprint density at radius 3 is 2.19 bits per heavy atom. The maximum atomic E-state index is 11.6. The number of nitrogens with zero attached hydrogens (tertiary/aromatic N) is 1. The van der Waals surface area contributed by atoms with Gasteiger partial charge in [-0.3, -0.25) is 19.9 Å². The van der Waals surface area contributed by atoms with E-state index in [2.05, 4.69) is 10.3 Å². The molecule has 0 saturated carbocycles. The molecule has 0 fully saturated rings. The monoisotopic (exact) mass is 370 g/mol. The van der Waals surface area contributed by atoms with Gasteiger partial charge >= 0.3 is 11.9 Å². The van der Waals surface area contributed by atoms with Crippen LogP contribution in [-0.4, -0.2) is 39.2 Å². The van der Waals surface area contributed by atoms with E-state index in [1.54, 1.807) is 6.20 Å². The van der Waals surface area contributed by atoms with Crippen LogP contribution in [0.1, 0.15) is 31.4 Å². The van der Waals surface area contributed by atoms with Crippen LogP contribution >= 0.6 is 0 Å². The van der Waals surface area contributed by atoms with Crippen molar-refractivity contribution in [1.29, 1.82) is 0 Å². The Hall–Kier alpha value is -2.73. The van der Waals surface area contributed by atoms with Crippen molar-refractivity contribution in [2.45, 2.75) is 45.7 Å². The van der Waals surface area contributed by atoms with Crippen LogP contribution in [0, 0.1) is 12.8 Å². The lowest BCUT2D eigenvalue weighted by Gasteiger charge is -2.21. The maximum Gasteiger partial charge on any atom is 0.321 e. The van der Waals surface area contributed by atoms with E-state index in [0.29, 0.717) is 6.42 Å². The van der Waals surface area contributed by atoms with Gasteiger partial charge in [-0.1, -0.05) is 38.1 Å². The summed E-state index contributed by atoms with van der Waals surface area (Å²) >= 11 is 0. The van der Waals surface area contributed by atoms with E-state index in [4.69, 9.17) is 0 Å². The normalized spacial score (nSPS) is 13.3. The number of aryl methyl sites for hydroxylation is 1. The Labute approximate surface area is 159 Å². The Bertz CT molecular complexity index is 787. The number of hydrogen-bond donors (Lipinski definition) is 3. The van der Waals surface area contributed by atoms with Gasteiger partial charge in [0.2, 0.25) is 0 Å². The number of benzene rings is 1. The minimum Gasteiger partial charge on any atom is -0.480 e. The molecule has 0 aliphatic rings. The van der Waals surface area contributed by atoms with Crippen molar-refractivity contribution in [2.24, 2.45) is 5.92 Å². The topological polar surface area (TPSA) is 99.5 Å².